The molecule has 7 nitrogen and oxygen atoms in total. The van der Waals surface area contributed by atoms with Gasteiger partial charge in [0, 0.05) is 39.9 Å². The molecule has 1 saturated heterocycles. The number of hydrogen-bond donors (Lipinski definition) is 2. The number of carbonyl (C=O) groups is 2. The number of carbonyl (C=O) groups excluding carboxylic acids is 2. The normalized spacial score (nSPS) is 29.2. The van der Waals surface area contributed by atoms with E-state index in [0.29, 0.717) is 19.0 Å². The van der Waals surface area contributed by atoms with Gasteiger partial charge in [-0.05, 0) is 31.6 Å². The van der Waals surface area contributed by atoms with Gasteiger partial charge in [-0.25, -0.2) is 0 Å². The average molecular weight is 476 g/mol. The molecule has 2 fully saturated rings. The zero-order valence-corrected chi connectivity index (χ0v) is 17.8. The van der Waals surface area contributed by atoms with Crippen LogP contribution in [0.2, 0.25) is 0 Å². The van der Waals surface area contributed by atoms with Crippen molar-refractivity contribution in [2.45, 2.75) is 19.8 Å². The molecule has 1 saturated carbocycles. The predicted molar refractivity (Wildman–Crippen MR) is 110 cm³/mol. The van der Waals surface area contributed by atoms with Gasteiger partial charge in [-0.2, -0.15) is 0 Å². The summed E-state index contributed by atoms with van der Waals surface area (Å²) in [4.78, 5) is 30.8. The van der Waals surface area contributed by atoms with Gasteiger partial charge < -0.3 is 15.4 Å². The van der Waals surface area contributed by atoms with Gasteiger partial charge in [0.2, 0.25) is 11.8 Å². The number of amides is 2. The molecule has 4 unspecified atom stereocenters. The van der Waals surface area contributed by atoms with Crippen LogP contribution < -0.4 is 10.6 Å². The summed E-state index contributed by atoms with van der Waals surface area (Å²) >= 11 is 0. The van der Waals surface area contributed by atoms with Gasteiger partial charge >= 0.3 is 0 Å². The van der Waals surface area contributed by atoms with Gasteiger partial charge in [0.1, 0.15) is 0 Å². The second kappa shape index (κ2) is 9.68. The lowest BCUT2D eigenvalue weighted by atomic mass is 9.85. The number of likely N-dealkylation sites (tertiary alicyclic amines) is 1. The van der Waals surface area contributed by atoms with Crippen LogP contribution in [-0.4, -0.2) is 62.6 Å². The van der Waals surface area contributed by atoms with Crippen molar-refractivity contribution in [1.29, 1.82) is 0 Å². The number of halogens is 1. The fourth-order valence-corrected chi connectivity index (χ4v) is 4.22. The molecule has 1 heterocycles. The maximum atomic E-state index is 12.6. The molecule has 2 amide bonds. The van der Waals surface area contributed by atoms with Crippen molar-refractivity contribution in [3.63, 3.8) is 0 Å². The number of rotatable bonds is 8. The minimum Gasteiger partial charge on any atom is -0.382 e. The van der Waals surface area contributed by atoms with Crippen molar-refractivity contribution in [3.05, 3.63) is 12.2 Å². The summed E-state index contributed by atoms with van der Waals surface area (Å²) in [6.07, 6.45) is 6.10. The van der Waals surface area contributed by atoms with E-state index in [4.69, 9.17) is 4.74 Å². The molecule has 8 heteroatoms. The highest BCUT2D eigenvalue weighted by Gasteiger charge is 2.58. The van der Waals surface area contributed by atoms with Crippen molar-refractivity contribution in [3.8, 4) is 0 Å². The second-order valence-corrected chi connectivity index (χ2v) is 6.80. The molecule has 2 N–H and O–H groups in total. The Bertz CT molecular complexity index is 551. The van der Waals surface area contributed by atoms with E-state index in [9.17, 15) is 9.59 Å². The zero-order chi connectivity index (χ0) is 17.8. The summed E-state index contributed by atoms with van der Waals surface area (Å²) in [6.45, 7) is 5.08. The van der Waals surface area contributed by atoms with Crippen LogP contribution in [0, 0.1) is 23.7 Å². The minimum atomic E-state index is -0.112. The highest BCUT2D eigenvalue weighted by molar-refractivity contribution is 14.0. The molecule has 3 rings (SSSR count). The first-order valence-corrected chi connectivity index (χ1v) is 9.23. The number of nitrogens with one attached hydrogen (secondary N) is 2. The van der Waals surface area contributed by atoms with Crippen LogP contribution >= 0.6 is 24.0 Å². The van der Waals surface area contributed by atoms with E-state index < -0.39 is 0 Å². The maximum Gasteiger partial charge on any atom is 0.233 e. The Kier molecular flexibility index (Phi) is 7.87. The first kappa shape index (κ1) is 21.1. The number of allylic oxidation sites excluding steroid dienone is 2. The number of nitrogens with zero attached hydrogens (tertiary/aromatic N) is 2. The minimum absolute atomic E-state index is 0. The van der Waals surface area contributed by atoms with Crippen LogP contribution in [0.25, 0.3) is 0 Å². The number of guanidine groups is 1. The van der Waals surface area contributed by atoms with Crippen molar-refractivity contribution >= 4 is 41.8 Å². The Balaban J connectivity index is 0.00000243. The predicted octanol–water partition coefficient (Wildman–Crippen LogP) is 1.00. The molecule has 0 spiro atoms. The van der Waals surface area contributed by atoms with Crippen molar-refractivity contribution in [1.82, 2.24) is 15.5 Å². The summed E-state index contributed by atoms with van der Waals surface area (Å²) in [5.74, 6) is 1.00. The van der Waals surface area contributed by atoms with Crippen LogP contribution in [0.5, 0.6) is 0 Å². The summed E-state index contributed by atoms with van der Waals surface area (Å²) in [7, 11) is 1.71. The lowest BCUT2D eigenvalue weighted by Gasteiger charge is -2.18. The fourth-order valence-electron chi connectivity index (χ4n) is 4.22. The van der Waals surface area contributed by atoms with Crippen molar-refractivity contribution < 1.29 is 14.3 Å². The van der Waals surface area contributed by atoms with E-state index in [1.807, 2.05) is 6.92 Å². The molecule has 0 aromatic carbocycles. The van der Waals surface area contributed by atoms with Crippen LogP contribution in [0.4, 0.5) is 0 Å². The molecule has 2 bridgehead atoms. The standard InChI is InChI=1S/C18H28N4O3.HI/c1-3-25-10-4-7-20-18(19-2)21-8-9-22-16(23)14-12-5-6-13(11-12)15(14)17(22)24;/h5-6,12-15H,3-4,7-11H2,1-2H3,(H2,19,20,21);1H. The number of hydrogen-bond acceptors (Lipinski definition) is 4. The lowest BCUT2D eigenvalue weighted by Crippen LogP contribution is -2.44. The molecule has 0 aromatic rings. The monoisotopic (exact) mass is 476 g/mol. The zero-order valence-electron chi connectivity index (χ0n) is 15.4. The SMILES string of the molecule is CCOCCCNC(=NC)NCCN1C(=O)C2C3C=CC(C3)C2C1=O.I. The van der Waals surface area contributed by atoms with Crippen molar-refractivity contribution in [2.24, 2.45) is 28.7 Å². The van der Waals surface area contributed by atoms with Gasteiger partial charge in [-0.15, -0.1) is 24.0 Å². The Hall–Kier alpha value is -1.16. The average Bonchev–Trinajstić information content (AvgIpc) is 3.29. The third kappa shape index (κ3) is 4.21. The highest BCUT2D eigenvalue weighted by atomic mass is 127. The Morgan fingerprint density at radius 2 is 1.81 bits per heavy atom. The number of imide groups is 1. The van der Waals surface area contributed by atoms with Gasteiger partial charge in [0.25, 0.3) is 0 Å². The van der Waals surface area contributed by atoms with Crippen LogP contribution in [-0.2, 0) is 14.3 Å². The maximum absolute atomic E-state index is 12.6. The third-order valence-corrected chi connectivity index (χ3v) is 5.38. The van der Waals surface area contributed by atoms with E-state index in [2.05, 4.69) is 27.8 Å². The summed E-state index contributed by atoms with van der Waals surface area (Å²) in [5.41, 5.74) is 0. The first-order chi connectivity index (χ1) is 12.2. The first-order valence-electron chi connectivity index (χ1n) is 9.23. The Labute approximate surface area is 172 Å². The summed E-state index contributed by atoms with van der Waals surface area (Å²) < 4.78 is 5.29. The summed E-state index contributed by atoms with van der Waals surface area (Å²) in [6, 6.07) is 0. The molecule has 0 radical (unpaired) electrons. The molecular weight excluding hydrogens is 447 g/mol. The van der Waals surface area contributed by atoms with Crippen LogP contribution in [0.15, 0.2) is 17.1 Å². The molecule has 2 aliphatic carbocycles. The van der Waals surface area contributed by atoms with Gasteiger partial charge in [-0.3, -0.25) is 19.5 Å². The molecular formula is C18H29IN4O3. The van der Waals surface area contributed by atoms with Crippen LogP contribution in [0.3, 0.4) is 0 Å². The number of fused-ring (bicyclic) bond motifs is 5. The smallest absolute Gasteiger partial charge is 0.233 e. The molecule has 146 valence electrons. The van der Waals surface area contributed by atoms with E-state index in [1.165, 1.54) is 4.90 Å². The Morgan fingerprint density at radius 1 is 1.19 bits per heavy atom. The highest BCUT2D eigenvalue weighted by Crippen LogP contribution is 2.52. The van der Waals surface area contributed by atoms with Crippen molar-refractivity contribution in [2.75, 3.05) is 39.9 Å². The molecule has 4 atom stereocenters. The number of aliphatic imine (C=N–C) groups is 1. The number of ether oxygens (including phenoxy) is 1. The Morgan fingerprint density at radius 3 is 2.38 bits per heavy atom. The third-order valence-electron chi connectivity index (χ3n) is 5.38. The largest absolute Gasteiger partial charge is 0.382 e. The second-order valence-electron chi connectivity index (χ2n) is 6.80. The quantitative estimate of drug-likeness (QED) is 0.137. The van der Waals surface area contributed by atoms with Gasteiger partial charge in [0.05, 0.1) is 11.8 Å². The van der Waals surface area contributed by atoms with E-state index in [0.717, 1.165) is 32.6 Å². The molecule has 3 aliphatic rings. The molecule has 0 aromatic heterocycles. The molecule has 26 heavy (non-hydrogen) atoms. The van der Waals surface area contributed by atoms with E-state index >= 15 is 0 Å². The van der Waals surface area contributed by atoms with E-state index in [1.54, 1.807) is 7.05 Å². The van der Waals surface area contributed by atoms with E-state index in [-0.39, 0.29) is 59.5 Å². The van der Waals surface area contributed by atoms with Gasteiger partial charge in [-0.1, -0.05) is 12.2 Å². The summed E-state index contributed by atoms with van der Waals surface area (Å²) in [5, 5.41) is 6.37. The van der Waals surface area contributed by atoms with Gasteiger partial charge in [0.15, 0.2) is 5.96 Å². The topological polar surface area (TPSA) is 83.0 Å². The van der Waals surface area contributed by atoms with Crippen LogP contribution in [0.1, 0.15) is 19.8 Å². The fraction of sp³-hybridized carbons (Fsp3) is 0.722. The molecule has 1 aliphatic heterocycles. The lowest BCUT2D eigenvalue weighted by molar-refractivity contribution is -0.140.